The van der Waals surface area contributed by atoms with E-state index in [1.54, 1.807) is 18.7 Å². The molecular weight excluding hydrogens is 350 g/mol. The van der Waals surface area contributed by atoms with Crippen LogP contribution in [0.4, 0.5) is 23.3 Å². The Hall–Kier alpha value is -3.22. The molecule has 7 nitrogen and oxygen atoms in total. The molecule has 4 rings (SSSR count). The lowest BCUT2D eigenvalue weighted by Gasteiger charge is -2.35. The van der Waals surface area contributed by atoms with Crippen molar-refractivity contribution in [1.29, 1.82) is 0 Å². The Morgan fingerprint density at radius 3 is 2.21 bits per heavy atom. The SMILES string of the molecule is CC(C)c1ccc(Nc2cc(N3CCN(c4ncccn4)CC3)ncn2)cc1. The van der Waals surface area contributed by atoms with Crippen molar-refractivity contribution in [2.75, 3.05) is 41.3 Å². The van der Waals surface area contributed by atoms with Crippen LogP contribution in [-0.2, 0) is 0 Å². The number of aromatic nitrogens is 4. The Kier molecular flexibility index (Phi) is 5.32. The molecule has 7 heteroatoms. The van der Waals surface area contributed by atoms with E-state index in [0.717, 1.165) is 49.5 Å². The van der Waals surface area contributed by atoms with Crippen molar-refractivity contribution in [2.24, 2.45) is 0 Å². The van der Waals surface area contributed by atoms with Crippen molar-refractivity contribution in [2.45, 2.75) is 19.8 Å². The number of rotatable bonds is 5. The van der Waals surface area contributed by atoms with Gasteiger partial charge in [-0.2, -0.15) is 0 Å². The second-order valence-corrected chi connectivity index (χ2v) is 7.19. The molecule has 0 radical (unpaired) electrons. The van der Waals surface area contributed by atoms with Gasteiger partial charge in [-0.3, -0.25) is 0 Å². The summed E-state index contributed by atoms with van der Waals surface area (Å²) < 4.78 is 0. The van der Waals surface area contributed by atoms with E-state index in [1.807, 2.05) is 12.1 Å². The smallest absolute Gasteiger partial charge is 0.225 e. The average molecular weight is 375 g/mol. The van der Waals surface area contributed by atoms with Crippen molar-refractivity contribution in [3.8, 4) is 0 Å². The largest absolute Gasteiger partial charge is 0.353 e. The second-order valence-electron chi connectivity index (χ2n) is 7.19. The fraction of sp³-hybridized carbons (Fsp3) is 0.333. The third-order valence-corrected chi connectivity index (χ3v) is 4.94. The van der Waals surface area contributed by atoms with E-state index in [1.165, 1.54) is 5.56 Å². The highest BCUT2D eigenvalue weighted by molar-refractivity contribution is 5.60. The zero-order chi connectivity index (χ0) is 19.3. The first-order valence-electron chi connectivity index (χ1n) is 9.65. The molecule has 0 spiro atoms. The molecule has 1 aliphatic rings. The van der Waals surface area contributed by atoms with E-state index in [0.29, 0.717) is 5.92 Å². The van der Waals surface area contributed by atoms with Gasteiger partial charge in [-0.15, -0.1) is 0 Å². The summed E-state index contributed by atoms with van der Waals surface area (Å²) in [4.78, 5) is 22.0. The summed E-state index contributed by atoms with van der Waals surface area (Å²) >= 11 is 0. The van der Waals surface area contributed by atoms with Gasteiger partial charge in [-0.05, 0) is 29.7 Å². The Labute approximate surface area is 165 Å². The van der Waals surface area contributed by atoms with Crippen LogP contribution >= 0.6 is 0 Å². The van der Waals surface area contributed by atoms with Gasteiger partial charge < -0.3 is 15.1 Å². The second kappa shape index (κ2) is 8.21. The highest BCUT2D eigenvalue weighted by Gasteiger charge is 2.20. The van der Waals surface area contributed by atoms with Crippen LogP contribution in [0.5, 0.6) is 0 Å². The number of nitrogens with zero attached hydrogens (tertiary/aromatic N) is 6. The number of piperazine rings is 1. The predicted molar refractivity (Wildman–Crippen MR) is 112 cm³/mol. The summed E-state index contributed by atoms with van der Waals surface area (Å²) in [5.41, 5.74) is 2.36. The molecule has 0 atom stereocenters. The van der Waals surface area contributed by atoms with Crippen LogP contribution in [0.1, 0.15) is 25.3 Å². The minimum absolute atomic E-state index is 0.527. The quantitative estimate of drug-likeness (QED) is 0.732. The lowest BCUT2D eigenvalue weighted by molar-refractivity contribution is 0.634. The first kappa shape index (κ1) is 18.2. The Balaban J connectivity index is 1.40. The molecule has 0 bridgehead atoms. The maximum absolute atomic E-state index is 4.46. The Morgan fingerprint density at radius 2 is 1.54 bits per heavy atom. The van der Waals surface area contributed by atoms with Gasteiger partial charge in [0.15, 0.2) is 0 Å². The molecule has 0 unspecified atom stereocenters. The highest BCUT2D eigenvalue weighted by Crippen LogP contribution is 2.22. The van der Waals surface area contributed by atoms with E-state index < -0.39 is 0 Å². The van der Waals surface area contributed by atoms with E-state index in [9.17, 15) is 0 Å². The van der Waals surface area contributed by atoms with Gasteiger partial charge in [0, 0.05) is 50.3 Å². The summed E-state index contributed by atoms with van der Waals surface area (Å²) in [5, 5.41) is 3.38. The van der Waals surface area contributed by atoms with Crippen molar-refractivity contribution in [3.63, 3.8) is 0 Å². The summed E-state index contributed by atoms with van der Waals surface area (Å²) in [6.45, 7) is 7.88. The number of benzene rings is 1. The summed E-state index contributed by atoms with van der Waals surface area (Å²) in [6.07, 6.45) is 5.18. The molecule has 1 aromatic carbocycles. The third-order valence-electron chi connectivity index (χ3n) is 4.94. The first-order valence-corrected chi connectivity index (χ1v) is 9.65. The van der Waals surface area contributed by atoms with Gasteiger partial charge in [0.05, 0.1) is 0 Å². The molecule has 1 N–H and O–H groups in total. The minimum atomic E-state index is 0.527. The molecule has 0 aliphatic carbocycles. The standard InChI is InChI=1S/C21H25N7/c1-16(2)17-4-6-18(7-5-17)26-19-14-20(25-15-24-19)27-10-12-28(13-11-27)21-22-8-3-9-23-21/h3-9,14-16H,10-13H2,1-2H3,(H,24,25,26). The summed E-state index contributed by atoms with van der Waals surface area (Å²) in [7, 11) is 0. The molecule has 3 heterocycles. The average Bonchev–Trinajstić information content (AvgIpc) is 2.75. The number of nitrogens with one attached hydrogen (secondary N) is 1. The van der Waals surface area contributed by atoms with E-state index in [-0.39, 0.29) is 0 Å². The number of anilines is 4. The van der Waals surface area contributed by atoms with Crippen LogP contribution in [0, 0.1) is 0 Å². The summed E-state index contributed by atoms with van der Waals surface area (Å²) in [5.74, 6) is 3.05. The summed E-state index contributed by atoms with van der Waals surface area (Å²) in [6, 6.07) is 12.3. The monoisotopic (exact) mass is 375 g/mol. The van der Waals surface area contributed by atoms with Gasteiger partial charge in [-0.25, -0.2) is 19.9 Å². The molecule has 3 aromatic rings. The van der Waals surface area contributed by atoms with Gasteiger partial charge in [-0.1, -0.05) is 26.0 Å². The molecule has 0 saturated carbocycles. The Bertz CT molecular complexity index is 888. The first-order chi connectivity index (χ1) is 13.7. The van der Waals surface area contributed by atoms with Gasteiger partial charge >= 0.3 is 0 Å². The highest BCUT2D eigenvalue weighted by atomic mass is 15.3. The molecule has 2 aromatic heterocycles. The molecule has 28 heavy (non-hydrogen) atoms. The van der Waals surface area contributed by atoms with Crippen molar-refractivity contribution >= 4 is 23.3 Å². The Morgan fingerprint density at radius 1 is 0.857 bits per heavy atom. The molecule has 1 fully saturated rings. The van der Waals surface area contributed by atoms with Gasteiger partial charge in [0.2, 0.25) is 5.95 Å². The number of hydrogen-bond acceptors (Lipinski definition) is 7. The topological polar surface area (TPSA) is 70.1 Å². The van der Waals surface area contributed by atoms with Crippen molar-refractivity contribution in [1.82, 2.24) is 19.9 Å². The van der Waals surface area contributed by atoms with Crippen LogP contribution in [0.2, 0.25) is 0 Å². The lowest BCUT2D eigenvalue weighted by atomic mass is 10.0. The third kappa shape index (κ3) is 4.19. The maximum Gasteiger partial charge on any atom is 0.225 e. The zero-order valence-electron chi connectivity index (χ0n) is 16.3. The molecule has 144 valence electrons. The van der Waals surface area contributed by atoms with Crippen molar-refractivity contribution in [3.05, 3.63) is 60.7 Å². The van der Waals surface area contributed by atoms with Crippen LogP contribution in [0.3, 0.4) is 0 Å². The van der Waals surface area contributed by atoms with Gasteiger partial charge in [0.1, 0.15) is 18.0 Å². The fourth-order valence-electron chi connectivity index (χ4n) is 3.28. The predicted octanol–water partition coefficient (Wildman–Crippen LogP) is 3.46. The van der Waals surface area contributed by atoms with E-state index in [4.69, 9.17) is 0 Å². The van der Waals surface area contributed by atoms with Crippen LogP contribution in [0.25, 0.3) is 0 Å². The van der Waals surface area contributed by atoms with E-state index >= 15 is 0 Å². The van der Waals surface area contributed by atoms with Crippen LogP contribution in [0.15, 0.2) is 55.1 Å². The fourth-order valence-corrected chi connectivity index (χ4v) is 3.28. The normalized spacial score (nSPS) is 14.4. The zero-order valence-corrected chi connectivity index (χ0v) is 16.3. The molecule has 0 amide bonds. The number of hydrogen-bond donors (Lipinski definition) is 1. The lowest BCUT2D eigenvalue weighted by Crippen LogP contribution is -2.47. The van der Waals surface area contributed by atoms with E-state index in [2.05, 4.69) is 73.2 Å². The minimum Gasteiger partial charge on any atom is -0.353 e. The molecule has 1 saturated heterocycles. The maximum atomic E-state index is 4.46. The molecular formula is C21H25N7. The van der Waals surface area contributed by atoms with Gasteiger partial charge in [0.25, 0.3) is 0 Å². The van der Waals surface area contributed by atoms with Crippen LogP contribution in [-0.4, -0.2) is 46.1 Å². The molecule has 1 aliphatic heterocycles. The van der Waals surface area contributed by atoms with Crippen molar-refractivity contribution < 1.29 is 0 Å². The van der Waals surface area contributed by atoms with Crippen LogP contribution < -0.4 is 15.1 Å².